The Morgan fingerprint density at radius 1 is 1.28 bits per heavy atom. The van der Waals surface area contributed by atoms with Crippen molar-refractivity contribution < 1.29 is 9.47 Å². The molecular formula is C18H29ClN4O2. The van der Waals surface area contributed by atoms with Crippen molar-refractivity contribution in [1.29, 1.82) is 0 Å². The first-order valence-electron chi connectivity index (χ1n) is 8.92. The second kappa shape index (κ2) is 11.2. The molecule has 0 spiro atoms. The standard InChI is InChI=1S/C18H29ClN4O2/c1-3-20-18(21-8-9-23-10-12-24-13-11-23)22-14-15(2)25-17-6-4-16(19)5-7-17/h4-7,15H,3,8-14H2,1-2H3,(H2,20,21,22). The average Bonchev–Trinajstić information content (AvgIpc) is 2.62. The molecular weight excluding hydrogens is 340 g/mol. The van der Waals surface area contributed by atoms with Gasteiger partial charge in [-0.05, 0) is 38.1 Å². The van der Waals surface area contributed by atoms with E-state index in [1.165, 1.54) is 0 Å². The summed E-state index contributed by atoms with van der Waals surface area (Å²) >= 11 is 5.89. The van der Waals surface area contributed by atoms with E-state index in [0.717, 1.165) is 57.6 Å². The Balaban J connectivity index is 1.74. The fourth-order valence-corrected chi connectivity index (χ4v) is 2.63. The third kappa shape index (κ3) is 7.94. The maximum Gasteiger partial charge on any atom is 0.191 e. The molecule has 0 aliphatic carbocycles. The lowest BCUT2D eigenvalue weighted by Gasteiger charge is -2.26. The molecule has 1 aromatic carbocycles. The van der Waals surface area contributed by atoms with E-state index in [-0.39, 0.29) is 6.10 Å². The summed E-state index contributed by atoms with van der Waals surface area (Å²) in [5, 5.41) is 7.35. The summed E-state index contributed by atoms with van der Waals surface area (Å²) in [5.74, 6) is 1.62. The van der Waals surface area contributed by atoms with Crippen molar-refractivity contribution in [2.24, 2.45) is 4.99 Å². The Morgan fingerprint density at radius 2 is 2.00 bits per heavy atom. The molecule has 2 rings (SSSR count). The Labute approximate surface area is 155 Å². The molecule has 1 aliphatic heterocycles. The summed E-state index contributed by atoms with van der Waals surface area (Å²) in [6.07, 6.45) is -0.0177. The first-order chi connectivity index (χ1) is 12.2. The number of guanidine groups is 1. The highest BCUT2D eigenvalue weighted by Crippen LogP contribution is 2.16. The van der Waals surface area contributed by atoms with E-state index in [1.54, 1.807) is 0 Å². The summed E-state index contributed by atoms with van der Waals surface area (Å²) < 4.78 is 11.2. The van der Waals surface area contributed by atoms with Crippen LogP contribution in [-0.4, -0.2) is 69.4 Å². The summed E-state index contributed by atoms with van der Waals surface area (Å²) in [6.45, 7) is 11.0. The van der Waals surface area contributed by atoms with Gasteiger partial charge in [-0.1, -0.05) is 11.6 Å². The van der Waals surface area contributed by atoms with Crippen molar-refractivity contribution >= 4 is 17.6 Å². The van der Waals surface area contributed by atoms with Crippen LogP contribution in [0.1, 0.15) is 13.8 Å². The lowest BCUT2D eigenvalue weighted by molar-refractivity contribution is 0.0389. The van der Waals surface area contributed by atoms with Crippen molar-refractivity contribution in [3.63, 3.8) is 0 Å². The molecule has 1 aliphatic rings. The molecule has 1 saturated heterocycles. The summed E-state index contributed by atoms with van der Waals surface area (Å²) in [5.41, 5.74) is 0. The van der Waals surface area contributed by atoms with Crippen molar-refractivity contribution in [1.82, 2.24) is 15.5 Å². The lowest BCUT2D eigenvalue weighted by Crippen LogP contribution is -2.44. The van der Waals surface area contributed by atoms with E-state index in [9.17, 15) is 0 Å². The molecule has 1 heterocycles. The van der Waals surface area contributed by atoms with Crippen LogP contribution in [0.25, 0.3) is 0 Å². The van der Waals surface area contributed by atoms with Gasteiger partial charge in [0.2, 0.25) is 0 Å². The van der Waals surface area contributed by atoms with Crippen LogP contribution < -0.4 is 15.4 Å². The molecule has 0 radical (unpaired) electrons. The highest BCUT2D eigenvalue weighted by atomic mass is 35.5. The van der Waals surface area contributed by atoms with Crippen LogP contribution in [0.15, 0.2) is 29.3 Å². The highest BCUT2D eigenvalue weighted by Gasteiger charge is 2.10. The highest BCUT2D eigenvalue weighted by molar-refractivity contribution is 6.30. The number of benzene rings is 1. The molecule has 140 valence electrons. The maximum atomic E-state index is 5.89. The average molecular weight is 369 g/mol. The zero-order valence-electron chi connectivity index (χ0n) is 15.1. The van der Waals surface area contributed by atoms with Crippen LogP contribution in [0, 0.1) is 0 Å². The van der Waals surface area contributed by atoms with E-state index in [1.807, 2.05) is 31.2 Å². The third-order valence-corrected chi connectivity index (χ3v) is 4.08. The van der Waals surface area contributed by atoms with E-state index in [2.05, 4.69) is 27.4 Å². The molecule has 7 heteroatoms. The number of aliphatic imine (C=N–C) groups is 1. The molecule has 1 aromatic rings. The van der Waals surface area contributed by atoms with Crippen molar-refractivity contribution in [3.8, 4) is 5.75 Å². The van der Waals surface area contributed by atoms with Gasteiger partial charge in [-0.2, -0.15) is 0 Å². The number of nitrogens with zero attached hydrogens (tertiary/aromatic N) is 2. The quantitative estimate of drug-likeness (QED) is 0.543. The van der Waals surface area contributed by atoms with Gasteiger partial charge in [-0.25, -0.2) is 4.99 Å². The number of hydrogen-bond donors (Lipinski definition) is 2. The van der Waals surface area contributed by atoms with Crippen molar-refractivity contribution in [2.45, 2.75) is 20.0 Å². The van der Waals surface area contributed by atoms with Gasteiger partial charge >= 0.3 is 0 Å². The molecule has 0 amide bonds. The number of hydrogen-bond acceptors (Lipinski definition) is 4. The van der Waals surface area contributed by atoms with Crippen LogP contribution in [-0.2, 0) is 4.74 Å². The third-order valence-electron chi connectivity index (χ3n) is 3.83. The van der Waals surface area contributed by atoms with Gasteiger partial charge < -0.3 is 20.1 Å². The van der Waals surface area contributed by atoms with Gasteiger partial charge in [0.25, 0.3) is 0 Å². The van der Waals surface area contributed by atoms with E-state index in [4.69, 9.17) is 21.1 Å². The second-order valence-corrected chi connectivity index (χ2v) is 6.42. The van der Waals surface area contributed by atoms with Crippen LogP contribution >= 0.6 is 11.6 Å². The molecule has 2 N–H and O–H groups in total. The minimum atomic E-state index is -0.0177. The minimum Gasteiger partial charge on any atom is -0.489 e. The largest absolute Gasteiger partial charge is 0.489 e. The summed E-state index contributed by atoms with van der Waals surface area (Å²) in [7, 11) is 0. The first kappa shape index (κ1) is 19.8. The van der Waals surface area contributed by atoms with Gasteiger partial charge in [-0.15, -0.1) is 0 Å². The summed E-state index contributed by atoms with van der Waals surface area (Å²) in [4.78, 5) is 7.01. The number of ether oxygens (including phenoxy) is 2. The molecule has 1 atom stereocenters. The Bertz CT molecular complexity index is 518. The normalized spacial score (nSPS) is 17.2. The van der Waals surface area contributed by atoms with Crippen LogP contribution in [0.2, 0.25) is 5.02 Å². The Morgan fingerprint density at radius 3 is 2.68 bits per heavy atom. The van der Waals surface area contributed by atoms with Crippen LogP contribution in [0.3, 0.4) is 0 Å². The first-order valence-corrected chi connectivity index (χ1v) is 9.29. The van der Waals surface area contributed by atoms with Crippen LogP contribution in [0.5, 0.6) is 5.75 Å². The zero-order chi connectivity index (χ0) is 17.9. The molecule has 25 heavy (non-hydrogen) atoms. The molecule has 0 aromatic heterocycles. The predicted octanol–water partition coefficient (Wildman–Crippen LogP) is 1.99. The molecule has 1 unspecified atom stereocenters. The minimum absolute atomic E-state index is 0.0177. The predicted molar refractivity (Wildman–Crippen MR) is 103 cm³/mol. The molecule has 1 fully saturated rings. The summed E-state index contributed by atoms with van der Waals surface area (Å²) in [6, 6.07) is 7.39. The number of nitrogens with one attached hydrogen (secondary N) is 2. The van der Waals surface area contributed by atoms with Gasteiger partial charge in [0, 0.05) is 37.7 Å². The Hall–Kier alpha value is -1.50. The van der Waals surface area contributed by atoms with Crippen LogP contribution in [0.4, 0.5) is 0 Å². The van der Waals surface area contributed by atoms with Gasteiger partial charge in [0.15, 0.2) is 5.96 Å². The fraction of sp³-hybridized carbons (Fsp3) is 0.611. The second-order valence-electron chi connectivity index (χ2n) is 5.98. The molecule has 6 nitrogen and oxygen atoms in total. The van der Waals surface area contributed by atoms with E-state index in [0.29, 0.717) is 11.6 Å². The van der Waals surface area contributed by atoms with Crippen molar-refractivity contribution in [2.75, 3.05) is 52.5 Å². The lowest BCUT2D eigenvalue weighted by atomic mass is 10.3. The van der Waals surface area contributed by atoms with E-state index < -0.39 is 0 Å². The maximum absolute atomic E-state index is 5.89. The SMILES string of the molecule is CCNC(=NCC(C)Oc1ccc(Cl)cc1)NCCN1CCOCC1. The smallest absolute Gasteiger partial charge is 0.191 e. The van der Waals surface area contributed by atoms with Gasteiger partial charge in [0.1, 0.15) is 11.9 Å². The monoisotopic (exact) mass is 368 g/mol. The fourth-order valence-electron chi connectivity index (χ4n) is 2.50. The number of rotatable bonds is 8. The van der Waals surface area contributed by atoms with Crippen molar-refractivity contribution in [3.05, 3.63) is 29.3 Å². The molecule has 0 bridgehead atoms. The van der Waals surface area contributed by atoms with Gasteiger partial charge in [0.05, 0.1) is 19.8 Å². The zero-order valence-corrected chi connectivity index (χ0v) is 15.9. The topological polar surface area (TPSA) is 58.1 Å². The molecule has 0 saturated carbocycles. The number of morpholine rings is 1. The Kier molecular flexibility index (Phi) is 8.86. The van der Waals surface area contributed by atoms with Gasteiger partial charge in [-0.3, -0.25) is 4.90 Å². The number of halogens is 1. The van der Waals surface area contributed by atoms with E-state index >= 15 is 0 Å².